The highest BCUT2D eigenvalue weighted by molar-refractivity contribution is 4.85. The Kier molecular flexibility index (Phi) is 3.45. The fourth-order valence-electron chi connectivity index (χ4n) is 3.05. The molecule has 2 fully saturated rings. The predicted octanol–water partition coefficient (Wildman–Crippen LogP) is 2.21. The van der Waals surface area contributed by atoms with Crippen LogP contribution in [0.25, 0.3) is 0 Å². The first-order chi connectivity index (χ1) is 6.81. The molecule has 2 rings (SSSR count). The van der Waals surface area contributed by atoms with Crippen molar-refractivity contribution in [2.75, 3.05) is 13.2 Å². The Morgan fingerprint density at radius 1 is 1.29 bits per heavy atom. The minimum atomic E-state index is -0.0514. The quantitative estimate of drug-likeness (QED) is 0.737. The number of ether oxygens (including phenoxy) is 1. The molecule has 2 aliphatic rings. The summed E-state index contributed by atoms with van der Waals surface area (Å²) in [7, 11) is 0. The first-order valence-corrected chi connectivity index (χ1v) is 6.07. The summed E-state index contributed by atoms with van der Waals surface area (Å²) >= 11 is 0. The molecular weight excluding hydrogens is 176 g/mol. The molecule has 1 heterocycles. The average Bonchev–Trinajstić information content (AvgIpc) is 2.71. The van der Waals surface area contributed by atoms with Crippen LogP contribution in [-0.2, 0) is 4.74 Å². The molecule has 1 saturated carbocycles. The van der Waals surface area contributed by atoms with Gasteiger partial charge in [-0.2, -0.15) is 0 Å². The van der Waals surface area contributed by atoms with Gasteiger partial charge in [-0.05, 0) is 43.4 Å². The summed E-state index contributed by atoms with van der Waals surface area (Å²) in [5.41, 5.74) is 0. The van der Waals surface area contributed by atoms with Gasteiger partial charge in [0.15, 0.2) is 0 Å². The lowest BCUT2D eigenvalue weighted by Crippen LogP contribution is -2.34. The summed E-state index contributed by atoms with van der Waals surface area (Å²) in [6.07, 6.45) is 5.85. The molecule has 0 spiro atoms. The second-order valence-electron chi connectivity index (χ2n) is 4.94. The van der Waals surface area contributed by atoms with Crippen molar-refractivity contribution in [2.45, 2.75) is 45.1 Å². The van der Waals surface area contributed by atoms with E-state index in [9.17, 15) is 5.11 Å². The van der Waals surface area contributed by atoms with Crippen molar-refractivity contribution >= 4 is 0 Å². The molecule has 2 heteroatoms. The van der Waals surface area contributed by atoms with Crippen LogP contribution in [0.1, 0.15) is 39.0 Å². The van der Waals surface area contributed by atoms with Gasteiger partial charge in [0.2, 0.25) is 0 Å². The summed E-state index contributed by atoms with van der Waals surface area (Å²) in [6, 6.07) is 0. The Bertz CT molecular complexity index is 175. The molecule has 1 aliphatic heterocycles. The van der Waals surface area contributed by atoms with Crippen LogP contribution in [0.2, 0.25) is 0 Å². The van der Waals surface area contributed by atoms with Gasteiger partial charge in [-0.1, -0.05) is 13.3 Å². The number of hydrogen-bond donors (Lipinski definition) is 1. The predicted molar refractivity (Wildman–Crippen MR) is 56.1 cm³/mol. The van der Waals surface area contributed by atoms with Gasteiger partial charge in [-0.25, -0.2) is 0 Å². The molecule has 0 aromatic heterocycles. The van der Waals surface area contributed by atoms with Gasteiger partial charge in [0.05, 0.1) is 6.10 Å². The summed E-state index contributed by atoms with van der Waals surface area (Å²) in [5, 5.41) is 9.99. The molecule has 0 bridgehead atoms. The van der Waals surface area contributed by atoms with Gasteiger partial charge in [0, 0.05) is 13.2 Å². The summed E-state index contributed by atoms with van der Waals surface area (Å²) < 4.78 is 5.42. The van der Waals surface area contributed by atoms with Gasteiger partial charge in [0.25, 0.3) is 0 Å². The summed E-state index contributed by atoms with van der Waals surface area (Å²) in [6.45, 7) is 4.06. The molecule has 0 radical (unpaired) electrons. The maximum absolute atomic E-state index is 9.99. The Morgan fingerprint density at radius 2 is 2.14 bits per heavy atom. The molecule has 2 nitrogen and oxygen atoms in total. The number of hydrogen-bond acceptors (Lipinski definition) is 2. The smallest absolute Gasteiger partial charge is 0.0572 e. The highest BCUT2D eigenvalue weighted by Gasteiger charge is 2.35. The van der Waals surface area contributed by atoms with Crippen LogP contribution in [0.5, 0.6) is 0 Å². The second-order valence-corrected chi connectivity index (χ2v) is 4.94. The Hall–Kier alpha value is -0.0800. The molecule has 14 heavy (non-hydrogen) atoms. The van der Waals surface area contributed by atoms with Crippen LogP contribution in [0.3, 0.4) is 0 Å². The SMILES string of the molecule is CCC1CCC(O)C(C2CCOC2)C1. The monoisotopic (exact) mass is 198 g/mol. The van der Waals surface area contributed by atoms with Crippen LogP contribution in [0, 0.1) is 17.8 Å². The lowest BCUT2D eigenvalue weighted by molar-refractivity contribution is 0.0128. The zero-order valence-corrected chi connectivity index (χ0v) is 9.11. The maximum atomic E-state index is 9.99. The van der Waals surface area contributed by atoms with E-state index in [1.165, 1.54) is 19.3 Å². The molecule has 0 aromatic carbocycles. The molecule has 0 amide bonds. The van der Waals surface area contributed by atoms with E-state index in [1.807, 2.05) is 0 Å². The van der Waals surface area contributed by atoms with E-state index in [2.05, 4.69) is 6.92 Å². The lowest BCUT2D eigenvalue weighted by Gasteiger charge is -2.36. The van der Waals surface area contributed by atoms with Crippen molar-refractivity contribution in [2.24, 2.45) is 17.8 Å². The van der Waals surface area contributed by atoms with E-state index in [4.69, 9.17) is 4.74 Å². The summed E-state index contributed by atoms with van der Waals surface area (Å²) in [5.74, 6) is 2.01. The van der Waals surface area contributed by atoms with Crippen molar-refractivity contribution in [3.63, 3.8) is 0 Å². The van der Waals surface area contributed by atoms with Crippen molar-refractivity contribution in [3.05, 3.63) is 0 Å². The van der Waals surface area contributed by atoms with E-state index in [-0.39, 0.29) is 6.10 Å². The molecule has 4 unspecified atom stereocenters. The van der Waals surface area contributed by atoms with Crippen molar-refractivity contribution in [3.8, 4) is 0 Å². The van der Waals surface area contributed by atoms with Crippen molar-refractivity contribution in [1.82, 2.24) is 0 Å². The first-order valence-electron chi connectivity index (χ1n) is 6.07. The highest BCUT2D eigenvalue weighted by atomic mass is 16.5. The lowest BCUT2D eigenvalue weighted by atomic mass is 9.72. The van der Waals surface area contributed by atoms with Crippen molar-refractivity contribution < 1.29 is 9.84 Å². The van der Waals surface area contributed by atoms with Crippen LogP contribution in [-0.4, -0.2) is 24.4 Å². The number of aliphatic hydroxyl groups is 1. The van der Waals surface area contributed by atoms with E-state index in [0.29, 0.717) is 11.8 Å². The topological polar surface area (TPSA) is 29.5 Å². The molecule has 82 valence electrons. The van der Waals surface area contributed by atoms with E-state index in [0.717, 1.165) is 32.0 Å². The van der Waals surface area contributed by atoms with E-state index >= 15 is 0 Å². The largest absolute Gasteiger partial charge is 0.393 e. The van der Waals surface area contributed by atoms with Crippen LogP contribution < -0.4 is 0 Å². The zero-order chi connectivity index (χ0) is 9.97. The van der Waals surface area contributed by atoms with Gasteiger partial charge in [0.1, 0.15) is 0 Å². The minimum Gasteiger partial charge on any atom is -0.393 e. The Labute approximate surface area is 86.6 Å². The maximum Gasteiger partial charge on any atom is 0.0572 e. The molecule has 4 atom stereocenters. The third-order valence-electron chi connectivity index (χ3n) is 4.12. The Balaban J connectivity index is 1.93. The number of rotatable bonds is 2. The van der Waals surface area contributed by atoms with Gasteiger partial charge >= 0.3 is 0 Å². The van der Waals surface area contributed by atoms with Crippen LogP contribution in [0.4, 0.5) is 0 Å². The van der Waals surface area contributed by atoms with Crippen LogP contribution >= 0.6 is 0 Å². The molecule has 1 aliphatic carbocycles. The summed E-state index contributed by atoms with van der Waals surface area (Å²) in [4.78, 5) is 0. The van der Waals surface area contributed by atoms with Gasteiger partial charge in [-0.15, -0.1) is 0 Å². The Morgan fingerprint density at radius 3 is 2.79 bits per heavy atom. The van der Waals surface area contributed by atoms with E-state index < -0.39 is 0 Å². The zero-order valence-electron chi connectivity index (χ0n) is 9.11. The molecular formula is C12H22O2. The third kappa shape index (κ3) is 2.12. The third-order valence-corrected chi connectivity index (χ3v) is 4.12. The molecule has 1 saturated heterocycles. The number of aliphatic hydroxyl groups excluding tert-OH is 1. The first kappa shape index (κ1) is 10.4. The normalized spacial score (nSPS) is 44.1. The van der Waals surface area contributed by atoms with E-state index in [1.54, 1.807) is 0 Å². The van der Waals surface area contributed by atoms with Crippen LogP contribution in [0.15, 0.2) is 0 Å². The van der Waals surface area contributed by atoms with Gasteiger partial charge in [-0.3, -0.25) is 0 Å². The minimum absolute atomic E-state index is 0.0514. The molecule has 0 aromatic rings. The fourth-order valence-corrected chi connectivity index (χ4v) is 3.05. The second kappa shape index (κ2) is 4.63. The average molecular weight is 198 g/mol. The molecule has 1 N–H and O–H groups in total. The van der Waals surface area contributed by atoms with Gasteiger partial charge < -0.3 is 9.84 Å². The standard InChI is InChI=1S/C12H22O2/c1-2-9-3-4-12(13)11(7-9)10-5-6-14-8-10/h9-13H,2-8H2,1H3. The fraction of sp³-hybridized carbons (Fsp3) is 1.00. The van der Waals surface area contributed by atoms with Crippen molar-refractivity contribution in [1.29, 1.82) is 0 Å². The highest BCUT2D eigenvalue weighted by Crippen LogP contribution is 2.38.